The molecule has 0 fully saturated rings. The minimum Gasteiger partial charge on any atom is -0.126 e. The molecule has 0 bridgehead atoms. The van der Waals surface area contributed by atoms with E-state index in [1.165, 1.54) is 31.2 Å². The Bertz CT molecular complexity index is 336. The molecule has 0 aliphatic carbocycles. The second-order valence-corrected chi connectivity index (χ2v) is 5.74. The van der Waals surface area contributed by atoms with Crippen LogP contribution in [0.25, 0.3) is 0 Å². The number of rotatable bonds is 8. The second kappa shape index (κ2) is 8.82. The van der Waals surface area contributed by atoms with E-state index in [9.17, 15) is 0 Å². The Kier molecular flexibility index (Phi) is 7.77. The van der Waals surface area contributed by atoms with Gasteiger partial charge in [0.1, 0.15) is 0 Å². The molecule has 0 heterocycles. The first-order valence-electron chi connectivity index (χ1n) is 7.03. The predicted octanol–water partition coefficient (Wildman–Crippen LogP) is 6.27. The van der Waals surface area contributed by atoms with Crippen molar-refractivity contribution >= 4 is 23.2 Å². The van der Waals surface area contributed by atoms with Crippen molar-refractivity contribution in [1.82, 2.24) is 0 Å². The average Bonchev–Trinajstić information content (AvgIpc) is 2.40. The molecule has 18 heavy (non-hydrogen) atoms. The summed E-state index contributed by atoms with van der Waals surface area (Å²) in [6, 6.07) is 8.10. The highest BCUT2D eigenvalue weighted by Gasteiger charge is 2.18. The third kappa shape index (κ3) is 4.82. The van der Waals surface area contributed by atoms with Gasteiger partial charge < -0.3 is 0 Å². The van der Waals surface area contributed by atoms with Gasteiger partial charge in [-0.05, 0) is 29.9 Å². The highest BCUT2D eigenvalue weighted by Crippen LogP contribution is 2.33. The van der Waals surface area contributed by atoms with E-state index in [-0.39, 0.29) is 0 Å². The maximum Gasteiger partial charge on any atom is 0.0441 e. The number of unbranched alkanes of at least 4 members (excludes halogenated alkanes) is 1. The van der Waals surface area contributed by atoms with Crippen molar-refractivity contribution in [2.24, 2.45) is 5.92 Å². The minimum absolute atomic E-state index is 0.391. The van der Waals surface area contributed by atoms with Gasteiger partial charge in [0.05, 0.1) is 0 Å². The molecular weight excluding hydrogens is 263 g/mol. The normalized spacial score (nSPS) is 14.4. The largest absolute Gasteiger partial charge is 0.126 e. The third-order valence-corrected chi connectivity index (χ3v) is 4.41. The summed E-state index contributed by atoms with van der Waals surface area (Å²) in [6.45, 7) is 4.53. The van der Waals surface area contributed by atoms with Crippen LogP contribution in [0.15, 0.2) is 24.3 Å². The van der Waals surface area contributed by atoms with Crippen LogP contribution in [0.2, 0.25) is 5.02 Å². The zero-order valence-corrected chi connectivity index (χ0v) is 13.0. The van der Waals surface area contributed by atoms with Gasteiger partial charge in [0, 0.05) is 10.9 Å². The molecule has 0 saturated heterocycles. The smallest absolute Gasteiger partial charge is 0.0441 e. The highest BCUT2D eigenvalue weighted by atomic mass is 35.5. The zero-order chi connectivity index (χ0) is 13.4. The van der Waals surface area contributed by atoms with Crippen molar-refractivity contribution in [2.45, 2.75) is 51.9 Å². The van der Waals surface area contributed by atoms with Gasteiger partial charge in [0.2, 0.25) is 0 Å². The summed E-state index contributed by atoms with van der Waals surface area (Å²) in [6.07, 6.45) is 6.29. The van der Waals surface area contributed by atoms with Gasteiger partial charge in [-0.25, -0.2) is 0 Å². The van der Waals surface area contributed by atoms with E-state index in [1.54, 1.807) is 0 Å². The molecule has 1 aromatic rings. The lowest BCUT2D eigenvalue weighted by molar-refractivity contribution is 0.396. The standard InChI is InChI=1S/C16H24Cl2/c1-3-5-8-13(4-2)11-14(12-17)15-9-6-7-10-16(15)18/h6-7,9-10,13-14H,3-5,8,11-12H2,1-2H3. The Hall–Kier alpha value is -0.200. The van der Waals surface area contributed by atoms with Gasteiger partial charge in [-0.3, -0.25) is 0 Å². The van der Waals surface area contributed by atoms with Gasteiger partial charge >= 0.3 is 0 Å². The monoisotopic (exact) mass is 286 g/mol. The first-order valence-corrected chi connectivity index (χ1v) is 7.94. The van der Waals surface area contributed by atoms with Crippen LogP contribution < -0.4 is 0 Å². The van der Waals surface area contributed by atoms with Crippen molar-refractivity contribution < 1.29 is 0 Å². The Morgan fingerprint density at radius 2 is 1.89 bits per heavy atom. The van der Waals surface area contributed by atoms with Crippen molar-refractivity contribution in [3.63, 3.8) is 0 Å². The summed E-state index contributed by atoms with van der Waals surface area (Å²) in [5.74, 6) is 1.82. The van der Waals surface area contributed by atoms with E-state index in [4.69, 9.17) is 23.2 Å². The molecule has 102 valence electrons. The molecule has 2 atom stereocenters. The first kappa shape index (κ1) is 15.9. The first-order chi connectivity index (χ1) is 8.72. The summed E-state index contributed by atoms with van der Waals surface area (Å²) in [5, 5.41) is 0.855. The summed E-state index contributed by atoms with van der Waals surface area (Å²) < 4.78 is 0. The Morgan fingerprint density at radius 3 is 2.44 bits per heavy atom. The van der Waals surface area contributed by atoms with E-state index >= 15 is 0 Å². The van der Waals surface area contributed by atoms with E-state index in [0.29, 0.717) is 11.8 Å². The molecule has 0 spiro atoms. The topological polar surface area (TPSA) is 0 Å². The maximum absolute atomic E-state index is 6.27. The zero-order valence-electron chi connectivity index (χ0n) is 11.5. The molecule has 0 saturated carbocycles. The van der Waals surface area contributed by atoms with Crippen LogP contribution in [-0.2, 0) is 0 Å². The number of hydrogen-bond acceptors (Lipinski definition) is 0. The number of alkyl halides is 1. The lowest BCUT2D eigenvalue weighted by Crippen LogP contribution is -2.09. The van der Waals surface area contributed by atoms with Crippen LogP contribution in [0.3, 0.4) is 0 Å². The quantitative estimate of drug-likeness (QED) is 0.494. The molecule has 0 aliphatic rings. The lowest BCUT2D eigenvalue weighted by atomic mass is 9.86. The SMILES string of the molecule is CCCCC(CC)CC(CCl)c1ccccc1Cl. The Balaban J connectivity index is 2.68. The lowest BCUT2D eigenvalue weighted by Gasteiger charge is -2.22. The molecular formula is C16H24Cl2. The predicted molar refractivity (Wildman–Crippen MR) is 82.8 cm³/mol. The van der Waals surface area contributed by atoms with Crippen LogP contribution in [0.1, 0.15) is 57.4 Å². The second-order valence-electron chi connectivity index (χ2n) is 5.02. The molecule has 0 aromatic heterocycles. The number of benzene rings is 1. The highest BCUT2D eigenvalue weighted by molar-refractivity contribution is 6.31. The van der Waals surface area contributed by atoms with Crippen molar-refractivity contribution in [2.75, 3.05) is 5.88 Å². The van der Waals surface area contributed by atoms with Crippen LogP contribution in [0.5, 0.6) is 0 Å². The summed E-state index contributed by atoms with van der Waals surface area (Å²) in [4.78, 5) is 0. The molecule has 0 aliphatic heterocycles. The van der Waals surface area contributed by atoms with Crippen LogP contribution in [0, 0.1) is 5.92 Å². The number of hydrogen-bond donors (Lipinski definition) is 0. The summed E-state index contributed by atoms with van der Waals surface area (Å²) in [7, 11) is 0. The fraction of sp³-hybridized carbons (Fsp3) is 0.625. The maximum atomic E-state index is 6.27. The van der Waals surface area contributed by atoms with Gasteiger partial charge in [0.25, 0.3) is 0 Å². The Labute approximate surface area is 122 Å². The summed E-state index contributed by atoms with van der Waals surface area (Å²) in [5.41, 5.74) is 1.21. The molecule has 2 unspecified atom stereocenters. The van der Waals surface area contributed by atoms with E-state index < -0.39 is 0 Å². The van der Waals surface area contributed by atoms with E-state index in [1.807, 2.05) is 18.2 Å². The van der Waals surface area contributed by atoms with Crippen molar-refractivity contribution in [3.05, 3.63) is 34.9 Å². The minimum atomic E-state index is 0.391. The molecule has 1 aromatic carbocycles. The van der Waals surface area contributed by atoms with Gasteiger partial charge in [-0.15, -0.1) is 11.6 Å². The Morgan fingerprint density at radius 1 is 1.17 bits per heavy atom. The van der Waals surface area contributed by atoms with Crippen LogP contribution in [-0.4, -0.2) is 5.88 Å². The molecule has 0 amide bonds. The number of halogens is 2. The third-order valence-electron chi connectivity index (χ3n) is 3.69. The molecule has 2 heteroatoms. The fourth-order valence-corrected chi connectivity index (χ4v) is 3.05. The molecule has 0 N–H and O–H groups in total. The van der Waals surface area contributed by atoms with Crippen molar-refractivity contribution in [3.8, 4) is 0 Å². The van der Waals surface area contributed by atoms with E-state index in [0.717, 1.165) is 17.4 Å². The van der Waals surface area contributed by atoms with Crippen molar-refractivity contribution in [1.29, 1.82) is 0 Å². The average molecular weight is 287 g/mol. The summed E-state index contributed by atoms with van der Waals surface area (Å²) >= 11 is 12.4. The van der Waals surface area contributed by atoms with Gasteiger partial charge in [-0.1, -0.05) is 69.3 Å². The van der Waals surface area contributed by atoms with Gasteiger partial charge in [-0.2, -0.15) is 0 Å². The fourth-order valence-electron chi connectivity index (χ4n) is 2.46. The van der Waals surface area contributed by atoms with Crippen LogP contribution in [0.4, 0.5) is 0 Å². The van der Waals surface area contributed by atoms with Gasteiger partial charge in [0.15, 0.2) is 0 Å². The molecule has 0 nitrogen and oxygen atoms in total. The van der Waals surface area contributed by atoms with Crippen LogP contribution >= 0.6 is 23.2 Å². The molecule has 0 radical (unpaired) electrons. The van der Waals surface area contributed by atoms with E-state index in [2.05, 4.69) is 19.9 Å². The molecule has 1 rings (SSSR count).